The third-order valence-corrected chi connectivity index (χ3v) is 2.21. The van der Waals surface area contributed by atoms with Crippen molar-refractivity contribution < 1.29 is 22.7 Å². The number of rotatable bonds is 2. The van der Waals surface area contributed by atoms with Gasteiger partial charge in [0.1, 0.15) is 0 Å². The maximum Gasteiger partial charge on any atom is 0.230 e. The molecule has 1 heterocycles. The summed E-state index contributed by atoms with van der Waals surface area (Å²) in [6, 6.07) is 1.61. The number of carbonyl (C=O) groups is 1. The van der Waals surface area contributed by atoms with Crippen molar-refractivity contribution in [3.05, 3.63) is 47.0 Å². The summed E-state index contributed by atoms with van der Waals surface area (Å²) in [5.41, 5.74) is -0.521. The SMILES string of the molecule is O=C(C1=CCCO1)c1ccc(F)c(F)c1F. The topological polar surface area (TPSA) is 26.3 Å². The number of hydrogen-bond acceptors (Lipinski definition) is 2. The highest BCUT2D eigenvalue weighted by molar-refractivity contribution is 6.07. The third-order valence-electron chi connectivity index (χ3n) is 2.21. The van der Waals surface area contributed by atoms with Crippen LogP contribution in [0.3, 0.4) is 0 Å². The monoisotopic (exact) mass is 228 g/mol. The summed E-state index contributed by atoms with van der Waals surface area (Å²) in [5, 5.41) is 0. The highest BCUT2D eigenvalue weighted by Crippen LogP contribution is 2.21. The van der Waals surface area contributed by atoms with Crippen molar-refractivity contribution in [1.29, 1.82) is 0 Å². The molecule has 0 fully saturated rings. The minimum atomic E-state index is -1.65. The first-order valence-electron chi connectivity index (χ1n) is 4.62. The van der Waals surface area contributed by atoms with Gasteiger partial charge < -0.3 is 4.74 Å². The van der Waals surface area contributed by atoms with E-state index in [0.717, 1.165) is 6.07 Å². The summed E-state index contributed by atoms with van der Waals surface area (Å²) in [7, 11) is 0. The van der Waals surface area contributed by atoms with Crippen LogP contribution in [0, 0.1) is 17.5 Å². The molecule has 0 radical (unpaired) electrons. The lowest BCUT2D eigenvalue weighted by Crippen LogP contribution is -2.09. The van der Waals surface area contributed by atoms with Gasteiger partial charge in [-0.1, -0.05) is 0 Å². The summed E-state index contributed by atoms with van der Waals surface area (Å²) in [6.07, 6.45) is 2.04. The molecule has 5 heteroatoms. The van der Waals surface area contributed by atoms with Gasteiger partial charge in [-0.15, -0.1) is 0 Å². The van der Waals surface area contributed by atoms with Crippen LogP contribution in [0.25, 0.3) is 0 Å². The Morgan fingerprint density at radius 2 is 1.94 bits per heavy atom. The first kappa shape index (κ1) is 10.7. The molecule has 0 saturated carbocycles. The smallest absolute Gasteiger partial charge is 0.230 e. The standard InChI is InChI=1S/C11H7F3O2/c12-7-4-3-6(9(13)10(7)14)11(15)8-2-1-5-16-8/h2-4H,1,5H2. The van der Waals surface area contributed by atoms with Crippen molar-refractivity contribution >= 4 is 5.78 Å². The molecule has 2 rings (SSSR count). The first-order chi connectivity index (χ1) is 7.61. The number of halogens is 3. The molecule has 1 aliphatic rings. The molecule has 1 aromatic carbocycles. The highest BCUT2D eigenvalue weighted by atomic mass is 19.2. The van der Waals surface area contributed by atoms with Crippen LogP contribution in [-0.4, -0.2) is 12.4 Å². The lowest BCUT2D eigenvalue weighted by molar-refractivity contribution is 0.0937. The van der Waals surface area contributed by atoms with Gasteiger partial charge in [0.2, 0.25) is 5.78 Å². The van der Waals surface area contributed by atoms with E-state index in [1.807, 2.05) is 0 Å². The molecule has 0 bridgehead atoms. The minimum absolute atomic E-state index is 0.0232. The van der Waals surface area contributed by atoms with Crippen LogP contribution < -0.4 is 0 Å². The Hall–Kier alpha value is -1.78. The van der Waals surface area contributed by atoms with Gasteiger partial charge in [0.15, 0.2) is 23.2 Å². The Morgan fingerprint density at radius 3 is 2.56 bits per heavy atom. The van der Waals surface area contributed by atoms with E-state index in [9.17, 15) is 18.0 Å². The quantitative estimate of drug-likeness (QED) is 0.574. The van der Waals surface area contributed by atoms with Crippen molar-refractivity contribution in [3.63, 3.8) is 0 Å². The van der Waals surface area contributed by atoms with Crippen molar-refractivity contribution in [2.45, 2.75) is 6.42 Å². The molecule has 0 amide bonds. The van der Waals surface area contributed by atoms with Gasteiger partial charge in [-0.25, -0.2) is 13.2 Å². The molecule has 0 N–H and O–H groups in total. The van der Waals surface area contributed by atoms with Crippen LogP contribution >= 0.6 is 0 Å². The van der Waals surface area contributed by atoms with Gasteiger partial charge in [-0.3, -0.25) is 4.79 Å². The Balaban J connectivity index is 2.41. The predicted molar refractivity (Wildman–Crippen MR) is 49.3 cm³/mol. The van der Waals surface area contributed by atoms with E-state index >= 15 is 0 Å². The fourth-order valence-electron chi connectivity index (χ4n) is 1.41. The van der Waals surface area contributed by atoms with Crippen molar-refractivity contribution in [3.8, 4) is 0 Å². The second kappa shape index (κ2) is 4.00. The van der Waals surface area contributed by atoms with E-state index in [-0.39, 0.29) is 5.76 Å². The summed E-state index contributed by atoms with van der Waals surface area (Å²) >= 11 is 0. The van der Waals surface area contributed by atoms with Gasteiger partial charge in [-0.05, 0) is 18.2 Å². The maximum absolute atomic E-state index is 13.2. The van der Waals surface area contributed by atoms with E-state index < -0.39 is 28.8 Å². The van der Waals surface area contributed by atoms with Crippen LogP contribution in [-0.2, 0) is 4.74 Å². The van der Waals surface area contributed by atoms with Crippen molar-refractivity contribution in [2.75, 3.05) is 6.61 Å². The molecule has 1 aromatic rings. The number of benzene rings is 1. The molecule has 0 aliphatic carbocycles. The number of allylic oxidation sites excluding steroid dienone is 1. The van der Waals surface area contributed by atoms with Crippen molar-refractivity contribution in [2.24, 2.45) is 0 Å². The summed E-state index contributed by atoms with van der Waals surface area (Å²) < 4.78 is 43.7. The summed E-state index contributed by atoms with van der Waals surface area (Å²) in [5.74, 6) is -5.25. The molecule has 16 heavy (non-hydrogen) atoms. The number of hydrogen-bond donors (Lipinski definition) is 0. The molecule has 0 aromatic heterocycles. The molecule has 0 saturated heterocycles. The van der Waals surface area contributed by atoms with Gasteiger partial charge in [-0.2, -0.15) is 0 Å². The van der Waals surface area contributed by atoms with Crippen LogP contribution in [0.5, 0.6) is 0 Å². The number of ether oxygens (including phenoxy) is 1. The fraction of sp³-hybridized carbons (Fsp3) is 0.182. The molecular formula is C11H7F3O2. The van der Waals surface area contributed by atoms with Gasteiger partial charge in [0.25, 0.3) is 0 Å². The van der Waals surface area contributed by atoms with E-state index in [2.05, 4.69) is 0 Å². The average Bonchev–Trinajstić information content (AvgIpc) is 2.79. The van der Waals surface area contributed by atoms with Gasteiger partial charge in [0.05, 0.1) is 12.2 Å². The second-order valence-corrected chi connectivity index (χ2v) is 3.26. The second-order valence-electron chi connectivity index (χ2n) is 3.26. The Morgan fingerprint density at radius 1 is 1.19 bits per heavy atom. The van der Waals surface area contributed by atoms with Crippen LogP contribution in [0.4, 0.5) is 13.2 Å². The van der Waals surface area contributed by atoms with Gasteiger partial charge in [0, 0.05) is 6.42 Å². The van der Waals surface area contributed by atoms with Crippen LogP contribution in [0.2, 0.25) is 0 Å². The molecule has 1 aliphatic heterocycles. The number of ketones is 1. The minimum Gasteiger partial charge on any atom is -0.489 e. The molecule has 84 valence electrons. The number of Topliss-reactive ketones (excluding diaryl/α,β-unsaturated/α-hetero) is 1. The van der Waals surface area contributed by atoms with Crippen LogP contribution in [0.15, 0.2) is 24.0 Å². The zero-order chi connectivity index (χ0) is 11.7. The molecule has 2 nitrogen and oxygen atoms in total. The lowest BCUT2D eigenvalue weighted by atomic mass is 10.1. The Kier molecular flexibility index (Phi) is 2.68. The van der Waals surface area contributed by atoms with E-state index in [1.165, 1.54) is 6.08 Å². The van der Waals surface area contributed by atoms with Gasteiger partial charge >= 0.3 is 0 Å². The first-order valence-corrected chi connectivity index (χ1v) is 4.62. The summed E-state index contributed by atoms with van der Waals surface area (Å²) in [4.78, 5) is 11.6. The number of carbonyl (C=O) groups excluding carboxylic acids is 1. The summed E-state index contributed by atoms with van der Waals surface area (Å²) in [6.45, 7) is 0.340. The van der Waals surface area contributed by atoms with E-state index in [0.29, 0.717) is 19.1 Å². The molecular weight excluding hydrogens is 221 g/mol. The Labute approximate surface area is 89.3 Å². The lowest BCUT2D eigenvalue weighted by Gasteiger charge is -2.05. The zero-order valence-corrected chi connectivity index (χ0v) is 8.10. The largest absolute Gasteiger partial charge is 0.489 e. The zero-order valence-electron chi connectivity index (χ0n) is 8.10. The Bertz CT molecular complexity index is 480. The molecule has 0 spiro atoms. The van der Waals surface area contributed by atoms with Crippen LogP contribution in [0.1, 0.15) is 16.8 Å². The predicted octanol–water partition coefficient (Wildman–Crippen LogP) is 2.59. The van der Waals surface area contributed by atoms with Crippen molar-refractivity contribution in [1.82, 2.24) is 0 Å². The molecule has 0 atom stereocenters. The van der Waals surface area contributed by atoms with E-state index in [4.69, 9.17) is 4.74 Å². The third kappa shape index (κ3) is 1.68. The molecule has 0 unspecified atom stereocenters. The highest BCUT2D eigenvalue weighted by Gasteiger charge is 2.23. The maximum atomic E-state index is 13.2. The normalized spacial score (nSPS) is 14.6. The van der Waals surface area contributed by atoms with E-state index in [1.54, 1.807) is 0 Å². The fourth-order valence-corrected chi connectivity index (χ4v) is 1.41. The average molecular weight is 228 g/mol.